The Kier molecular flexibility index (Phi) is 12.6. The third-order valence-electron chi connectivity index (χ3n) is 9.95. The molecule has 229 valence electrons. The molecule has 0 amide bonds. The minimum absolute atomic E-state index is 0. The number of nitrogens with zero attached hydrogens (tertiary/aromatic N) is 1. The summed E-state index contributed by atoms with van der Waals surface area (Å²) >= 11 is 0. The van der Waals surface area contributed by atoms with Crippen molar-refractivity contribution in [2.75, 3.05) is 0 Å². The maximum Gasteiger partial charge on any atom is 0.162 e. The van der Waals surface area contributed by atoms with Crippen molar-refractivity contribution in [2.24, 2.45) is 17.8 Å². The number of aliphatic hydroxyl groups is 1. The number of ketones is 1. The quantitative estimate of drug-likeness (QED) is 0.135. The Bertz CT molecular complexity index is 1330. The molecule has 0 saturated heterocycles. The van der Waals surface area contributed by atoms with E-state index < -0.39 is 0 Å². The number of hydrogen-bond acceptors (Lipinski definition) is 3. The minimum atomic E-state index is 0. The Balaban J connectivity index is 0.000000263. The second-order valence-electron chi connectivity index (χ2n) is 12.6. The standard InChI is InChI=1S/C25H26N.C13H24O2.Ir/c1-17-13-18(2)15-20(14-17)24-22-6-4-3-5-21(22)23(16-26-24)25-10-7-19(8-11-25)9-12-25;1-5-10(6-2)12(14)9-13(15)11(7-3)8-4;/h3-6,13-14,16,19H,7-12H2,1-2H3;9-11,14H,5-8H2,1-4H3;/q-1;;/b;12-9-;. The Morgan fingerprint density at radius 1 is 0.952 bits per heavy atom. The first-order chi connectivity index (χ1) is 19.7. The van der Waals surface area contributed by atoms with Crippen LogP contribution < -0.4 is 0 Å². The minimum Gasteiger partial charge on any atom is -0.512 e. The molecule has 1 radical (unpaired) electrons. The molecule has 4 heteroatoms. The van der Waals surface area contributed by atoms with E-state index in [9.17, 15) is 9.90 Å². The van der Waals surface area contributed by atoms with Crippen LogP contribution in [0.25, 0.3) is 22.0 Å². The van der Waals surface area contributed by atoms with Gasteiger partial charge in [0.25, 0.3) is 0 Å². The summed E-state index contributed by atoms with van der Waals surface area (Å²) in [6, 6.07) is 16.8. The van der Waals surface area contributed by atoms with Crippen LogP contribution in [-0.2, 0) is 30.3 Å². The van der Waals surface area contributed by atoms with Gasteiger partial charge >= 0.3 is 0 Å². The zero-order valence-electron chi connectivity index (χ0n) is 26.6. The molecular weight excluding hydrogens is 695 g/mol. The van der Waals surface area contributed by atoms with Gasteiger partial charge in [-0.05, 0) is 97.6 Å². The van der Waals surface area contributed by atoms with Crippen LogP contribution in [0.4, 0.5) is 0 Å². The zero-order chi connectivity index (χ0) is 29.6. The molecule has 3 nitrogen and oxygen atoms in total. The molecule has 0 unspecified atom stereocenters. The third kappa shape index (κ3) is 7.61. The van der Waals surface area contributed by atoms with Crippen molar-refractivity contribution < 1.29 is 30.0 Å². The normalized spacial score (nSPS) is 19.9. The van der Waals surface area contributed by atoms with Crippen molar-refractivity contribution in [1.82, 2.24) is 4.98 Å². The molecule has 1 N–H and O–H groups in total. The first kappa shape index (κ1) is 34.2. The van der Waals surface area contributed by atoms with E-state index in [4.69, 9.17) is 4.98 Å². The summed E-state index contributed by atoms with van der Waals surface area (Å²) in [6.45, 7) is 12.3. The van der Waals surface area contributed by atoms with Crippen molar-refractivity contribution >= 4 is 16.6 Å². The molecule has 2 bridgehead atoms. The molecule has 0 aliphatic heterocycles. The molecule has 42 heavy (non-hydrogen) atoms. The number of fused-ring (bicyclic) bond motifs is 4. The molecule has 3 fully saturated rings. The van der Waals surface area contributed by atoms with Crippen molar-refractivity contribution in [3.63, 3.8) is 0 Å². The van der Waals surface area contributed by atoms with E-state index in [-0.39, 0.29) is 43.5 Å². The average Bonchev–Trinajstić information content (AvgIpc) is 2.98. The van der Waals surface area contributed by atoms with Crippen molar-refractivity contribution in [3.8, 4) is 11.3 Å². The van der Waals surface area contributed by atoms with Crippen LogP contribution in [0.5, 0.6) is 0 Å². The molecule has 3 aliphatic carbocycles. The molecule has 2 aromatic carbocycles. The van der Waals surface area contributed by atoms with Gasteiger partial charge in [0.15, 0.2) is 5.78 Å². The number of aliphatic hydroxyl groups excluding tert-OH is 1. The van der Waals surface area contributed by atoms with Crippen LogP contribution in [0.15, 0.2) is 54.4 Å². The van der Waals surface area contributed by atoms with E-state index in [1.54, 1.807) is 0 Å². The second-order valence-corrected chi connectivity index (χ2v) is 12.6. The monoisotopic (exact) mass is 745 g/mol. The molecule has 3 aromatic rings. The molecule has 1 heterocycles. The van der Waals surface area contributed by atoms with E-state index in [1.165, 1.54) is 72.1 Å². The average molecular weight is 745 g/mol. The number of aryl methyl sites for hydroxylation is 2. The molecular formula is C38H50IrNO2-. The summed E-state index contributed by atoms with van der Waals surface area (Å²) in [5.74, 6) is 1.53. The number of hydrogen-bond donors (Lipinski definition) is 1. The number of rotatable bonds is 9. The summed E-state index contributed by atoms with van der Waals surface area (Å²) in [6.07, 6.45) is 15.4. The molecule has 3 aliphatic rings. The van der Waals surface area contributed by atoms with Gasteiger partial charge in [-0.25, -0.2) is 0 Å². The fraction of sp³-hybridized carbons (Fsp3) is 0.526. The SMILES string of the molecule is CCC(CC)C(=O)/C=C(\O)C(CC)CC.Cc1[c-]c(-c2ncc(C34CCC(CC3)CC4)c3ccccc23)cc(C)c1.[Ir]. The first-order valence-electron chi connectivity index (χ1n) is 16.1. The van der Waals surface area contributed by atoms with Gasteiger partial charge in [0.05, 0.1) is 5.76 Å². The van der Waals surface area contributed by atoms with Crippen LogP contribution in [-0.4, -0.2) is 15.9 Å². The second kappa shape index (κ2) is 15.4. The third-order valence-corrected chi connectivity index (χ3v) is 9.95. The van der Waals surface area contributed by atoms with E-state index in [0.717, 1.165) is 42.9 Å². The predicted molar refractivity (Wildman–Crippen MR) is 172 cm³/mol. The van der Waals surface area contributed by atoms with Crippen LogP contribution in [0.1, 0.15) is 109 Å². The van der Waals surface area contributed by atoms with Gasteiger partial charge in [-0.3, -0.25) is 4.79 Å². The number of carbonyl (C=O) groups is 1. The maximum absolute atomic E-state index is 11.7. The van der Waals surface area contributed by atoms with Gasteiger partial charge in [0, 0.05) is 44.2 Å². The largest absolute Gasteiger partial charge is 0.512 e. The van der Waals surface area contributed by atoms with Gasteiger partial charge < -0.3 is 10.1 Å². The number of carbonyl (C=O) groups excluding carboxylic acids is 1. The predicted octanol–water partition coefficient (Wildman–Crippen LogP) is 10.4. The van der Waals surface area contributed by atoms with Crippen LogP contribution >= 0.6 is 0 Å². The molecule has 0 atom stereocenters. The van der Waals surface area contributed by atoms with E-state index in [0.29, 0.717) is 5.41 Å². The number of allylic oxidation sites excluding steroid dienone is 2. The summed E-state index contributed by atoms with van der Waals surface area (Å²) in [5.41, 5.74) is 6.52. The van der Waals surface area contributed by atoms with Crippen molar-refractivity contribution in [1.29, 1.82) is 0 Å². The Morgan fingerprint density at radius 3 is 2.07 bits per heavy atom. The topological polar surface area (TPSA) is 50.2 Å². The van der Waals surface area contributed by atoms with Crippen molar-refractivity contribution in [3.05, 3.63) is 77.2 Å². The zero-order valence-corrected chi connectivity index (χ0v) is 29.0. The summed E-state index contributed by atoms with van der Waals surface area (Å²) in [4.78, 5) is 16.7. The molecule has 6 rings (SSSR count). The molecule has 1 aromatic heterocycles. The summed E-state index contributed by atoms with van der Waals surface area (Å²) in [5, 5.41) is 12.5. The van der Waals surface area contributed by atoms with Gasteiger partial charge in [-0.1, -0.05) is 65.8 Å². The Labute approximate surface area is 268 Å². The summed E-state index contributed by atoms with van der Waals surface area (Å²) in [7, 11) is 0. The fourth-order valence-electron chi connectivity index (χ4n) is 7.29. The molecule has 3 saturated carbocycles. The number of pyridine rings is 1. The van der Waals surface area contributed by atoms with Gasteiger partial charge in [-0.15, -0.1) is 34.9 Å². The Hall–Kier alpha value is -2.29. The maximum atomic E-state index is 11.7. The Morgan fingerprint density at radius 2 is 1.52 bits per heavy atom. The fourth-order valence-corrected chi connectivity index (χ4v) is 7.29. The summed E-state index contributed by atoms with van der Waals surface area (Å²) < 4.78 is 0. The van der Waals surface area contributed by atoms with Gasteiger partial charge in [-0.2, -0.15) is 0 Å². The number of aromatic nitrogens is 1. The van der Waals surface area contributed by atoms with Crippen molar-refractivity contribution in [2.45, 2.75) is 111 Å². The first-order valence-corrected chi connectivity index (χ1v) is 16.1. The number of benzene rings is 2. The molecule has 0 spiro atoms. The van der Waals surface area contributed by atoms with Gasteiger partial charge in [0.2, 0.25) is 0 Å². The van der Waals surface area contributed by atoms with Crippen LogP contribution in [0.3, 0.4) is 0 Å². The van der Waals surface area contributed by atoms with Crippen LogP contribution in [0.2, 0.25) is 0 Å². The van der Waals surface area contributed by atoms with E-state index in [2.05, 4.69) is 62.5 Å². The van der Waals surface area contributed by atoms with E-state index >= 15 is 0 Å². The van der Waals surface area contributed by atoms with Gasteiger partial charge in [0.1, 0.15) is 0 Å². The van der Waals surface area contributed by atoms with Crippen LogP contribution in [0, 0.1) is 37.7 Å². The smallest absolute Gasteiger partial charge is 0.162 e. The van der Waals surface area contributed by atoms with E-state index in [1.807, 2.05) is 27.7 Å².